The highest BCUT2D eigenvalue weighted by Gasteiger charge is 2.30. The second kappa shape index (κ2) is 5.97. The molecule has 0 saturated heterocycles. The van der Waals surface area contributed by atoms with Crippen molar-refractivity contribution < 1.29 is 29.1 Å². The molecule has 0 atom stereocenters. The Kier molecular flexibility index (Phi) is 5.11. The maximum absolute atomic E-state index is 10.0. The summed E-state index contributed by atoms with van der Waals surface area (Å²) in [5.74, 6) is 1.42. The fourth-order valence-corrected chi connectivity index (χ4v) is 2.36. The van der Waals surface area contributed by atoms with Crippen LogP contribution >= 0.6 is 7.82 Å². The van der Waals surface area contributed by atoms with E-state index in [1.807, 2.05) is 20.8 Å². The number of hydrogen-bond acceptors (Lipinski definition) is 3. The first-order valence-electron chi connectivity index (χ1n) is 6.62. The summed E-state index contributed by atoms with van der Waals surface area (Å²) in [5.41, 5.74) is 4.08. The van der Waals surface area contributed by atoms with Crippen LogP contribution in [0.2, 0.25) is 0 Å². The molecule has 1 aromatic carbocycles. The van der Waals surface area contributed by atoms with Crippen LogP contribution in [0.1, 0.15) is 42.5 Å². The molecule has 1 heterocycles. The summed E-state index contributed by atoms with van der Waals surface area (Å²) in [6.45, 7) is 10.2. The van der Waals surface area contributed by atoms with Gasteiger partial charge in [0.05, 0.1) is 0 Å². The quantitative estimate of drug-likeness (QED) is 0.548. The fraction of sp³-hybridized carbons (Fsp3) is 0.571. The first-order valence-corrected chi connectivity index (χ1v) is 8.19. The third kappa shape index (κ3) is 4.71. The number of rotatable bonds is 0. The second-order valence-corrected chi connectivity index (χ2v) is 6.93. The average Bonchev–Trinajstić information content (AvgIpc) is 2.30. The highest BCUT2D eigenvalue weighted by Crippen LogP contribution is 2.42. The van der Waals surface area contributed by atoms with Crippen LogP contribution in [0.25, 0.3) is 0 Å². The molecule has 0 aromatic heterocycles. The van der Waals surface area contributed by atoms with Gasteiger partial charge < -0.3 is 24.5 Å². The first kappa shape index (κ1) is 18.0. The Morgan fingerprint density at radius 1 is 1.05 bits per heavy atom. The summed E-state index contributed by atoms with van der Waals surface area (Å²) in [7, 11) is -4.64. The lowest BCUT2D eigenvalue weighted by Gasteiger charge is -2.35. The van der Waals surface area contributed by atoms with Gasteiger partial charge in [-0.1, -0.05) is 0 Å². The lowest BCUT2D eigenvalue weighted by Crippen LogP contribution is -2.33. The molecule has 0 aliphatic carbocycles. The normalized spacial score (nSPS) is 16.4. The Hall–Kier alpha value is -1.07. The van der Waals surface area contributed by atoms with Crippen LogP contribution in [0.5, 0.6) is 11.5 Å². The SMILES string of the molecule is Cc1c(C)c2c(c(C)c1O)CCC(C)(C)O2.O=P(O)(O)O. The second-order valence-electron chi connectivity index (χ2n) is 5.91. The minimum Gasteiger partial charge on any atom is -0.507 e. The molecule has 0 radical (unpaired) electrons. The predicted molar refractivity (Wildman–Crippen MR) is 79.6 cm³/mol. The first-order chi connectivity index (χ1) is 9.33. The molecule has 0 saturated carbocycles. The van der Waals surface area contributed by atoms with Crippen LogP contribution in [-0.2, 0) is 11.0 Å². The van der Waals surface area contributed by atoms with Gasteiger partial charge in [0, 0.05) is 5.56 Å². The Morgan fingerprint density at radius 3 is 2.00 bits per heavy atom. The molecule has 1 aliphatic rings. The molecule has 6 nitrogen and oxygen atoms in total. The topological polar surface area (TPSA) is 107 Å². The summed E-state index contributed by atoms with van der Waals surface area (Å²) in [6.07, 6.45) is 1.99. The van der Waals surface area contributed by atoms with E-state index in [0.29, 0.717) is 5.75 Å². The molecule has 0 unspecified atom stereocenters. The molecule has 1 aliphatic heterocycles. The zero-order chi connectivity index (χ0) is 16.6. The fourth-order valence-electron chi connectivity index (χ4n) is 2.36. The lowest BCUT2D eigenvalue weighted by atomic mass is 9.88. The van der Waals surface area contributed by atoms with Crippen molar-refractivity contribution in [1.29, 1.82) is 0 Å². The van der Waals surface area contributed by atoms with Crippen LogP contribution in [0, 0.1) is 20.8 Å². The molecular formula is C14H23O6P. The Balaban J connectivity index is 0.000000383. The molecule has 120 valence electrons. The Morgan fingerprint density at radius 2 is 1.52 bits per heavy atom. The number of fused-ring (bicyclic) bond motifs is 1. The van der Waals surface area contributed by atoms with Gasteiger partial charge in [0.1, 0.15) is 17.1 Å². The van der Waals surface area contributed by atoms with Gasteiger partial charge in [-0.25, -0.2) is 4.57 Å². The highest BCUT2D eigenvalue weighted by atomic mass is 31.2. The van der Waals surface area contributed by atoms with E-state index < -0.39 is 7.82 Å². The third-order valence-corrected chi connectivity index (χ3v) is 3.70. The molecule has 0 spiro atoms. The monoisotopic (exact) mass is 318 g/mol. The summed E-state index contributed by atoms with van der Waals surface area (Å²) in [5, 5.41) is 10.0. The van der Waals surface area contributed by atoms with Crippen molar-refractivity contribution in [3.63, 3.8) is 0 Å². The average molecular weight is 318 g/mol. The number of phosphoric acid groups is 1. The summed E-state index contributed by atoms with van der Waals surface area (Å²) >= 11 is 0. The maximum atomic E-state index is 10.0. The van der Waals surface area contributed by atoms with Crippen molar-refractivity contribution in [2.45, 2.75) is 53.1 Å². The van der Waals surface area contributed by atoms with E-state index in [1.165, 1.54) is 5.56 Å². The van der Waals surface area contributed by atoms with Crippen molar-refractivity contribution in [2.24, 2.45) is 0 Å². The van der Waals surface area contributed by atoms with Gasteiger partial charge in [-0.2, -0.15) is 0 Å². The van der Waals surface area contributed by atoms with E-state index in [0.717, 1.165) is 35.3 Å². The van der Waals surface area contributed by atoms with E-state index in [-0.39, 0.29) is 5.60 Å². The van der Waals surface area contributed by atoms with Gasteiger partial charge in [-0.15, -0.1) is 0 Å². The number of ether oxygens (including phenoxy) is 1. The van der Waals surface area contributed by atoms with Gasteiger partial charge in [0.25, 0.3) is 0 Å². The van der Waals surface area contributed by atoms with Gasteiger partial charge in [0.15, 0.2) is 0 Å². The van der Waals surface area contributed by atoms with Crippen molar-refractivity contribution in [2.75, 3.05) is 0 Å². The summed E-state index contributed by atoms with van der Waals surface area (Å²) in [4.78, 5) is 21.6. The minimum absolute atomic E-state index is 0.0897. The van der Waals surface area contributed by atoms with Gasteiger partial charge in [-0.05, 0) is 64.2 Å². The molecule has 2 rings (SSSR count). The van der Waals surface area contributed by atoms with Crippen LogP contribution in [0.4, 0.5) is 0 Å². The van der Waals surface area contributed by atoms with Gasteiger partial charge in [-0.3, -0.25) is 0 Å². The number of phenolic OH excluding ortho intramolecular Hbond substituents is 1. The van der Waals surface area contributed by atoms with Crippen molar-refractivity contribution >= 4 is 7.82 Å². The zero-order valence-electron chi connectivity index (χ0n) is 13.0. The maximum Gasteiger partial charge on any atom is 0.466 e. The number of benzene rings is 1. The Labute approximate surface area is 124 Å². The molecule has 21 heavy (non-hydrogen) atoms. The van der Waals surface area contributed by atoms with E-state index in [1.54, 1.807) is 0 Å². The lowest BCUT2D eigenvalue weighted by molar-refractivity contribution is 0.0831. The molecule has 0 bridgehead atoms. The molecule has 0 amide bonds. The Bertz CT molecular complexity index is 580. The van der Waals surface area contributed by atoms with E-state index in [2.05, 4.69) is 13.8 Å². The zero-order valence-corrected chi connectivity index (χ0v) is 13.9. The number of aromatic hydroxyl groups is 1. The summed E-state index contributed by atoms with van der Waals surface area (Å²) < 4.78 is 14.9. The van der Waals surface area contributed by atoms with Gasteiger partial charge in [0.2, 0.25) is 0 Å². The van der Waals surface area contributed by atoms with E-state index in [4.69, 9.17) is 24.0 Å². The molecule has 0 fully saturated rings. The standard InChI is InChI=1S/C14H20O2.H3O4P/c1-8-9(2)13-11(10(3)12(8)15)6-7-14(4,5)16-13;1-5(2,3)4/h15H,6-7H2,1-5H3;(H3,1,2,3,4). The highest BCUT2D eigenvalue weighted by molar-refractivity contribution is 7.45. The molecule has 4 N–H and O–H groups in total. The molecule has 7 heteroatoms. The van der Waals surface area contributed by atoms with Crippen molar-refractivity contribution in [3.8, 4) is 11.5 Å². The van der Waals surface area contributed by atoms with Crippen molar-refractivity contribution in [1.82, 2.24) is 0 Å². The largest absolute Gasteiger partial charge is 0.507 e. The van der Waals surface area contributed by atoms with Crippen molar-refractivity contribution in [3.05, 3.63) is 22.3 Å². The summed E-state index contributed by atoms with van der Waals surface area (Å²) in [6, 6.07) is 0. The van der Waals surface area contributed by atoms with Crippen LogP contribution in [0.15, 0.2) is 0 Å². The van der Waals surface area contributed by atoms with E-state index in [9.17, 15) is 5.11 Å². The smallest absolute Gasteiger partial charge is 0.466 e. The third-order valence-electron chi connectivity index (χ3n) is 3.70. The molecular weight excluding hydrogens is 295 g/mol. The van der Waals surface area contributed by atoms with E-state index >= 15 is 0 Å². The molecule has 1 aromatic rings. The van der Waals surface area contributed by atoms with Crippen LogP contribution in [-0.4, -0.2) is 25.4 Å². The predicted octanol–water partition coefficient (Wildman–Crippen LogP) is 2.49. The van der Waals surface area contributed by atoms with Crippen LogP contribution in [0.3, 0.4) is 0 Å². The number of phenols is 1. The number of hydrogen-bond donors (Lipinski definition) is 4. The van der Waals surface area contributed by atoms with Gasteiger partial charge >= 0.3 is 7.82 Å². The van der Waals surface area contributed by atoms with Crippen LogP contribution < -0.4 is 4.74 Å². The minimum atomic E-state index is -4.64.